The average molecular weight is 170 g/mol. The van der Waals surface area contributed by atoms with Crippen LogP contribution in [0.25, 0.3) is 0 Å². The van der Waals surface area contributed by atoms with Gasteiger partial charge in [0.25, 0.3) is 0 Å². The third kappa shape index (κ3) is 3.55. The van der Waals surface area contributed by atoms with Gasteiger partial charge in [0.05, 0.1) is 0 Å². The molecule has 3 N–H and O–H groups in total. The van der Waals surface area contributed by atoms with Gasteiger partial charge in [0, 0.05) is 18.6 Å². The zero-order valence-corrected chi connectivity index (χ0v) is 8.34. The fourth-order valence-electron chi connectivity index (χ4n) is 1.48. The summed E-state index contributed by atoms with van der Waals surface area (Å²) >= 11 is 0. The summed E-state index contributed by atoms with van der Waals surface area (Å²) in [5, 5.41) is 3.49. The van der Waals surface area contributed by atoms with Gasteiger partial charge < -0.3 is 11.1 Å². The van der Waals surface area contributed by atoms with Crippen molar-refractivity contribution < 1.29 is 0 Å². The lowest BCUT2D eigenvalue weighted by Gasteiger charge is -2.11. The fraction of sp³-hybridized carbons (Fsp3) is 1.00. The van der Waals surface area contributed by atoms with Crippen molar-refractivity contribution in [3.63, 3.8) is 0 Å². The molecule has 0 aliphatic heterocycles. The lowest BCUT2D eigenvalue weighted by Crippen LogP contribution is -2.35. The molecule has 72 valence electrons. The van der Waals surface area contributed by atoms with Crippen molar-refractivity contribution >= 4 is 0 Å². The summed E-state index contributed by atoms with van der Waals surface area (Å²) in [6, 6.07) is 1.15. The van der Waals surface area contributed by atoms with E-state index in [1.54, 1.807) is 0 Å². The molecule has 0 radical (unpaired) electrons. The SMILES string of the molecule is CCCCC(N)CNC1CC1C. The maximum atomic E-state index is 5.92. The van der Waals surface area contributed by atoms with Crippen LogP contribution in [0.15, 0.2) is 0 Å². The molecule has 0 spiro atoms. The van der Waals surface area contributed by atoms with Gasteiger partial charge in [0.1, 0.15) is 0 Å². The molecule has 12 heavy (non-hydrogen) atoms. The summed E-state index contributed by atoms with van der Waals surface area (Å²) < 4.78 is 0. The zero-order chi connectivity index (χ0) is 8.97. The molecule has 0 aromatic carbocycles. The number of nitrogens with two attached hydrogens (primary N) is 1. The van der Waals surface area contributed by atoms with Gasteiger partial charge in [-0.2, -0.15) is 0 Å². The van der Waals surface area contributed by atoms with Crippen molar-refractivity contribution in [2.75, 3.05) is 6.54 Å². The van der Waals surface area contributed by atoms with Gasteiger partial charge in [0.2, 0.25) is 0 Å². The number of hydrogen-bond acceptors (Lipinski definition) is 2. The molecule has 0 heterocycles. The van der Waals surface area contributed by atoms with E-state index in [1.165, 1.54) is 25.7 Å². The molecule has 1 aliphatic rings. The minimum Gasteiger partial charge on any atom is -0.327 e. The Bertz CT molecular complexity index is 125. The van der Waals surface area contributed by atoms with E-state index in [1.807, 2.05) is 0 Å². The van der Waals surface area contributed by atoms with Crippen LogP contribution in [-0.4, -0.2) is 18.6 Å². The van der Waals surface area contributed by atoms with E-state index in [2.05, 4.69) is 19.2 Å². The third-order valence-corrected chi connectivity index (χ3v) is 2.68. The van der Waals surface area contributed by atoms with E-state index in [4.69, 9.17) is 5.73 Å². The summed E-state index contributed by atoms with van der Waals surface area (Å²) in [7, 11) is 0. The summed E-state index contributed by atoms with van der Waals surface area (Å²) in [5.41, 5.74) is 5.92. The number of rotatable bonds is 6. The first kappa shape index (κ1) is 10.0. The van der Waals surface area contributed by atoms with E-state index in [-0.39, 0.29) is 0 Å². The van der Waals surface area contributed by atoms with Crippen LogP contribution in [0.1, 0.15) is 39.5 Å². The van der Waals surface area contributed by atoms with Crippen molar-refractivity contribution in [1.82, 2.24) is 5.32 Å². The van der Waals surface area contributed by atoms with Crippen LogP contribution in [0.5, 0.6) is 0 Å². The maximum absolute atomic E-state index is 5.92. The summed E-state index contributed by atoms with van der Waals surface area (Å²) in [4.78, 5) is 0. The number of hydrogen-bond donors (Lipinski definition) is 2. The molecule has 1 fully saturated rings. The van der Waals surface area contributed by atoms with Crippen LogP contribution in [0, 0.1) is 5.92 Å². The van der Waals surface area contributed by atoms with Gasteiger partial charge in [-0.15, -0.1) is 0 Å². The minimum atomic E-state index is 0.373. The molecular formula is C10H22N2. The van der Waals surface area contributed by atoms with Crippen LogP contribution >= 0.6 is 0 Å². The van der Waals surface area contributed by atoms with Gasteiger partial charge in [-0.25, -0.2) is 0 Å². The Morgan fingerprint density at radius 1 is 1.58 bits per heavy atom. The van der Waals surface area contributed by atoms with E-state index < -0.39 is 0 Å². The maximum Gasteiger partial charge on any atom is 0.0165 e. The van der Waals surface area contributed by atoms with E-state index in [0.29, 0.717) is 6.04 Å². The van der Waals surface area contributed by atoms with E-state index in [9.17, 15) is 0 Å². The number of unbranched alkanes of at least 4 members (excludes halogenated alkanes) is 1. The molecule has 1 rings (SSSR count). The van der Waals surface area contributed by atoms with Crippen LogP contribution in [0.2, 0.25) is 0 Å². The standard InChI is InChI=1S/C10H22N2/c1-3-4-5-9(11)7-12-10-6-8(10)2/h8-10,12H,3-7,11H2,1-2H3. The Morgan fingerprint density at radius 3 is 2.75 bits per heavy atom. The topological polar surface area (TPSA) is 38.0 Å². The molecule has 2 nitrogen and oxygen atoms in total. The van der Waals surface area contributed by atoms with Crippen molar-refractivity contribution in [3.05, 3.63) is 0 Å². The summed E-state index contributed by atoms with van der Waals surface area (Å²) in [5.74, 6) is 0.892. The highest BCUT2D eigenvalue weighted by atomic mass is 15.0. The van der Waals surface area contributed by atoms with Crippen molar-refractivity contribution in [2.24, 2.45) is 11.7 Å². The molecule has 0 bridgehead atoms. The van der Waals surface area contributed by atoms with Crippen molar-refractivity contribution in [3.8, 4) is 0 Å². The summed E-state index contributed by atoms with van der Waals surface area (Å²) in [6.45, 7) is 5.51. The van der Waals surface area contributed by atoms with Crippen LogP contribution in [0.3, 0.4) is 0 Å². The second-order valence-electron chi connectivity index (χ2n) is 4.13. The molecule has 0 aromatic heterocycles. The highest BCUT2D eigenvalue weighted by molar-refractivity contribution is 4.90. The van der Waals surface area contributed by atoms with Crippen molar-refractivity contribution in [1.29, 1.82) is 0 Å². The number of nitrogens with one attached hydrogen (secondary N) is 1. The highest BCUT2D eigenvalue weighted by Crippen LogP contribution is 2.28. The Balaban J connectivity index is 1.91. The summed E-state index contributed by atoms with van der Waals surface area (Å²) in [6.07, 6.45) is 5.04. The molecule has 1 aliphatic carbocycles. The molecule has 3 atom stereocenters. The third-order valence-electron chi connectivity index (χ3n) is 2.68. The Morgan fingerprint density at radius 2 is 2.25 bits per heavy atom. The van der Waals surface area contributed by atoms with Gasteiger partial charge in [-0.05, 0) is 18.8 Å². The lowest BCUT2D eigenvalue weighted by molar-refractivity contribution is 0.515. The average Bonchev–Trinajstić information content (AvgIpc) is 2.75. The fourth-order valence-corrected chi connectivity index (χ4v) is 1.48. The smallest absolute Gasteiger partial charge is 0.0165 e. The van der Waals surface area contributed by atoms with Crippen LogP contribution in [-0.2, 0) is 0 Å². The van der Waals surface area contributed by atoms with Gasteiger partial charge in [0.15, 0.2) is 0 Å². The lowest BCUT2D eigenvalue weighted by atomic mass is 10.1. The first-order valence-corrected chi connectivity index (χ1v) is 5.23. The quantitative estimate of drug-likeness (QED) is 0.634. The van der Waals surface area contributed by atoms with E-state index in [0.717, 1.165) is 18.5 Å². The Labute approximate surface area is 75.9 Å². The normalized spacial score (nSPS) is 30.2. The molecule has 0 aromatic rings. The monoisotopic (exact) mass is 170 g/mol. The first-order chi connectivity index (χ1) is 5.74. The zero-order valence-electron chi connectivity index (χ0n) is 8.34. The Hall–Kier alpha value is -0.0800. The molecule has 3 unspecified atom stereocenters. The second kappa shape index (κ2) is 4.83. The highest BCUT2D eigenvalue weighted by Gasteiger charge is 2.31. The van der Waals surface area contributed by atoms with Gasteiger partial charge in [-0.1, -0.05) is 26.7 Å². The molecule has 1 saturated carbocycles. The first-order valence-electron chi connectivity index (χ1n) is 5.23. The van der Waals surface area contributed by atoms with Crippen LogP contribution < -0.4 is 11.1 Å². The predicted molar refractivity (Wildman–Crippen MR) is 53.1 cm³/mol. The molecule has 0 saturated heterocycles. The van der Waals surface area contributed by atoms with Gasteiger partial charge in [-0.3, -0.25) is 0 Å². The molecule has 0 amide bonds. The van der Waals surface area contributed by atoms with Crippen molar-refractivity contribution in [2.45, 2.75) is 51.6 Å². The Kier molecular flexibility index (Phi) is 4.02. The second-order valence-corrected chi connectivity index (χ2v) is 4.13. The van der Waals surface area contributed by atoms with Gasteiger partial charge >= 0.3 is 0 Å². The van der Waals surface area contributed by atoms with E-state index >= 15 is 0 Å². The molecule has 2 heteroatoms. The minimum absolute atomic E-state index is 0.373. The largest absolute Gasteiger partial charge is 0.327 e. The molecular weight excluding hydrogens is 148 g/mol. The van der Waals surface area contributed by atoms with Crippen LogP contribution in [0.4, 0.5) is 0 Å². The predicted octanol–water partition coefficient (Wildman–Crippen LogP) is 1.50.